The zero-order valence-corrected chi connectivity index (χ0v) is 13.4. The quantitative estimate of drug-likeness (QED) is 0.788. The third kappa shape index (κ3) is 5.33. The number of halogens is 3. The Kier molecular flexibility index (Phi) is 5.86. The number of amides is 1. The number of carbonyl (C=O) groups excluding carboxylic acids is 1. The van der Waals surface area contributed by atoms with Crippen molar-refractivity contribution in [3.05, 3.63) is 23.9 Å². The largest absolute Gasteiger partial charge is 0.480 e. The molecule has 0 spiro atoms. The molecule has 1 heterocycles. The Labute approximate surface area is 142 Å². The predicted molar refractivity (Wildman–Crippen MR) is 81.3 cm³/mol. The van der Waals surface area contributed by atoms with Gasteiger partial charge in [-0.25, -0.2) is 9.78 Å². The summed E-state index contributed by atoms with van der Waals surface area (Å²) in [7, 11) is 0. The van der Waals surface area contributed by atoms with E-state index in [9.17, 15) is 27.9 Å². The maximum Gasteiger partial charge on any atom is 0.422 e. The highest BCUT2D eigenvalue weighted by Gasteiger charge is 2.40. The number of aromatic nitrogens is 1. The maximum absolute atomic E-state index is 12.3. The highest BCUT2D eigenvalue weighted by Crippen LogP contribution is 2.28. The van der Waals surface area contributed by atoms with E-state index in [-0.39, 0.29) is 11.4 Å². The van der Waals surface area contributed by atoms with Crippen LogP contribution in [-0.2, 0) is 4.79 Å². The molecule has 1 aliphatic rings. The van der Waals surface area contributed by atoms with Crippen molar-refractivity contribution in [2.75, 3.05) is 6.61 Å². The maximum atomic E-state index is 12.3. The second-order valence-corrected chi connectivity index (χ2v) is 6.04. The number of carboxylic acid groups (broad SMARTS) is 1. The number of nitrogens with zero attached hydrogens (tertiary/aromatic N) is 1. The molecule has 0 bridgehead atoms. The van der Waals surface area contributed by atoms with Crippen LogP contribution in [0.25, 0.3) is 0 Å². The SMILES string of the molecule is O=C(NC1(C(=O)O)CCCCCC1)c1ccc(OCC(F)(F)F)nc1. The van der Waals surface area contributed by atoms with Crippen LogP contribution >= 0.6 is 0 Å². The number of ether oxygens (including phenoxy) is 1. The van der Waals surface area contributed by atoms with Gasteiger partial charge < -0.3 is 15.2 Å². The minimum atomic E-state index is -4.48. The van der Waals surface area contributed by atoms with Gasteiger partial charge in [-0.3, -0.25) is 4.79 Å². The number of nitrogens with one attached hydrogen (secondary N) is 1. The van der Waals surface area contributed by atoms with Crippen molar-refractivity contribution in [2.24, 2.45) is 0 Å². The molecular weight excluding hydrogens is 341 g/mol. The fourth-order valence-electron chi connectivity index (χ4n) is 2.77. The average Bonchev–Trinajstić information content (AvgIpc) is 2.79. The second-order valence-electron chi connectivity index (χ2n) is 6.04. The zero-order valence-electron chi connectivity index (χ0n) is 13.4. The van der Waals surface area contributed by atoms with Crippen molar-refractivity contribution in [2.45, 2.75) is 50.2 Å². The summed E-state index contributed by atoms with van der Waals surface area (Å²) < 4.78 is 40.7. The topological polar surface area (TPSA) is 88.5 Å². The van der Waals surface area contributed by atoms with Gasteiger partial charge in [-0.05, 0) is 18.9 Å². The number of hydrogen-bond donors (Lipinski definition) is 2. The van der Waals surface area contributed by atoms with E-state index in [2.05, 4.69) is 15.0 Å². The van der Waals surface area contributed by atoms with Crippen LogP contribution in [0.2, 0.25) is 0 Å². The molecule has 1 aromatic heterocycles. The Hall–Kier alpha value is -2.32. The molecular formula is C16H19F3N2O4. The zero-order chi connectivity index (χ0) is 18.5. The lowest BCUT2D eigenvalue weighted by Crippen LogP contribution is -2.54. The van der Waals surface area contributed by atoms with Crippen LogP contribution in [-0.4, -0.2) is 40.3 Å². The van der Waals surface area contributed by atoms with E-state index < -0.39 is 30.2 Å². The summed E-state index contributed by atoms with van der Waals surface area (Å²) in [6.45, 7) is -1.48. The number of carboxylic acids is 1. The Morgan fingerprint density at radius 2 is 1.84 bits per heavy atom. The fraction of sp³-hybridized carbons (Fsp3) is 0.562. The molecule has 138 valence electrons. The van der Waals surface area contributed by atoms with Gasteiger partial charge in [0.2, 0.25) is 5.88 Å². The van der Waals surface area contributed by atoms with Gasteiger partial charge in [0.25, 0.3) is 5.91 Å². The molecule has 2 rings (SSSR count). The minimum absolute atomic E-state index is 0.0595. The standard InChI is InChI=1S/C16H19F3N2O4/c17-16(18,19)10-25-12-6-5-11(9-20-12)13(22)21-15(14(23)24)7-3-1-2-4-8-15/h5-6,9H,1-4,7-8,10H2,(H,21,22)(H,23,24). The third-order valence-corrected chi connectivity index (χ3v) is 4.10. The van der Waals surface area contributed by atoms with Crippen molar-refractivity contribution >= 4 is 11.9 Å². The van der Waals surface area contributed by atoms with Crippen molar-refractivity contribution in [1.29, 1.82) is 0 Å². The van der Waals surface area contributed by atoms with Gasteiger partial charge in [0.05, 0.1) is 5.56 Å². The van der Waals surface area contributed by atoms with E-state index in [0.717, 1.165) is 25.1 Å². The first-order valence-corrected chi connectivity index (χ1v) is 7.93. The predicted octanol–water partition coefficient (Wildman–Crippen LogP) is 2.93. The number of hydrogen-bond acceptors (Lipinski definition) is 4. The summed E-state index contributed by atoms with van der Waals surface area (Å²) in [6, 6.07) is 2.39. The highest BCUT2D eigenvalue weighted by molar-refractivity contribution is 5.97. The molecule has 25 heavy (non-hydrogen) atoms. The number of pyridine rings is 1. The molecule has 0 radical (unpaired) electrons. The van der Waals surface area contributed by atoms with E-state index in [1.54, 1.807) is 0 Å². The lowest BCUT2D eigenvalue weighted by atomic mass is 9.90. The molecule has 1 aromatic rings. The van der Waals surface area contributed by atoms with Crippen molar-refractivity contribution < 1.29 is 32.6 Å². The van der Waals surface area contributed by atoms with Crippen LogP contribution in [0, 0.1) is 0 Å². The van der Waals surface area contributed by atoms with Crippen molar-refractivity contribution in [3.8, 4) is 5.88 Å². The Bertz CT molecular complexity index is 609. The van der Waals surface area contributed by atoms with E-state index >= 15 is 0 Å². The first-order valence-electron chi connectivity index (χ1n) is 7.93. The van der Waals surface area contributed by atoms with Gasteiger partial charge in [0, 0.05) is 12.3 Å². The number of alkyl halides is 3. The minimum Gasteiger partial charge on any atom is -0.480 e. The van der Waals surface area contributed by atoms with Gasteiger partial charge >= 0.3 is 12.1 Å². The number of rotatable bonds is 5. The molecule has 0 aromatic carbocycles. The van der Waals surface area contributed by atoms with Crippen LogP contribution < -0.4 is 10.1 Å². The Balaban J connectivity index is 2.05. The van der Waals surface area contributed by atoms with Gasteiger partial charge in [-0.15, -0.1) is 0 Å². The summed E-state index contributed by atoms with van der Waals surface area (Å²) in [5.74, 6) is -1.98. The smallest absolute Gasteiger partial charge is 0.422 e. The van der Waals surface area contributed by atoms with Gasteiger partial charge in [-0.1, -0.05) is 25.7 Å². The molecule has 2 N–H and O–H groups in total. The summed E-state index contributed by atoms with van der Waals surface area (Å²) >= 11 is 0. The molecule has 1 amide bonds. The van der Waals surface area contributed by atoms with Crippen molar-refractivity contribution in [1.82, 2.24) is 10.3 Å². The first-order chi connectivity index (χ1) is 11.7. The summed E-state index contributed by atoms with van der Waals surface area (Å²) in [4.78, 5) is 27.7. The highest BCUT2D eigenvalue weighted by atomic mass is 19.4. The van der Waals surface area contributed by atoms with Crippen LogP contribution in [0.5, 0.6) is 5.88 Å². The normalized spacial score (nSPS) is 17.4. The summed E-state index contributed by atoms with van der Waals surface area (Å²) in [5.41, 5.74) is -1.26. The van der Waals surface area contributed by atoms with Crippen LogP contribution in [0.15, 0.2) is 18.3 Å². The van der Waals surface area contributed by atoms with E-state index in [0.29, 0.717) is 25.7 Å². The molecule has 6 nitrogen and oxygen atoms in total. The molecule has 1 fully saturated rings. The Morgan fingerprint density at radius 1 is 1.20 bits per heavy atom. The Morgan fingerprint density at radius 3 is 2.32 bits per heavy atom. The summed E-state index contributed by atoms with van der Waals surface area (Å²) in [6.07, 6.45) is 0.500. The molecule has 9 heteroatoms. The molecule has 0 unspecified atom stereocenters. The lowest BCUT2D eigenvalue weighted by molar-refractivity contribution is -0.154. The van der Waals surface area contributed by atoms with Crippen LogP contribution in [0.3, 0.4) is 0 Å². The molecule has 1 saturated carbocycles. The average molecular weight is 360 g/mol. The van der Waals surface area contributed by atoms with E-state index in [1.165, 1.54) is 6.07 Å². The number of carbonyl (C=O) groups is 2. The van der Waals surface area contributed by atoms with Crippen LogP contribution in [0.1, 0.15) is 48.9 Å². The van der Waals surface area contributed by atoms with Crippen LogP contribution in [0.4, 0.5) is 13.2 Å². The van der Waals surface area contributed by atoms with E-state index in [4.69, 9.17) is 0 Å². The fourth-order valence-corrected chi connectivity index (χ4v) is 2.77. The molecule has 0 saturated heterocycles. The molecule has 0 aliphatic heterocycles. The van der Waals surface area contributed by atoms with Gasteiger partial charge in [-0.2, -0.15) is 13.2 Å². The lowest BCUT2D eigenvalue weighted by Gasteiger charge is -2.29. The summed E-state index contributed by atoms with van der Waals surface area (Å²) in [5, 5.41) is 12.1. The molecule has 0 atom stereocenters. The van der Waals surface area contributed by atoms with Gasteiger partial charge in [0.1, 0.15) is 5.54 Å². The molecule has 1 aliphatic carbocycles. The first kappa shape index (κ1) is 19.0. The van der Waals surface area contributed by atoms with E-state index in [1.807, 2.05) is 0 Å². The second kappa shape index (κ2) is 7.71. The third-order valence-electron chi connectivity index (χ3n) is 4.10. The monoisotopic (exact) mass is 360 g/mol. The van der Waals surface area contributed by atoms with Crippen molar-refractivity contribution in [3.63, 3.8) is 0 Å². The van der Waals surface area contributed by atoms with Gasteiger partial charge in [0.15, 0.2) is 6.61 Å². The number of aliphatic carboxylic acids is 1.